The lowest BCUT2D eigenvalue weighted by atomic mass is 9.77. The normalized spacial score (nSPS) is 42.0. The zero-order valence-electron chi connectivity index (χ0n) is 40.1. The van der Waals surface area contributed by atoms with E-state index in [0.29, 0.717) is 32.4 Å². The van der Waals surface area contributed by atoms with Crippen LogP contribution in [0.3, 0.4) is 0 Å². The van der Waals surface area contributed by atoms with Gasteiger partial charge in [0.15, 0.2) is 12.6 Å². The number of aliphatic hydroxyl groups excluding tert-OH is 2. The zero-order valence-corrected chi connectivity index (χ0v) is 40.1. The highest BCUT2D eigenvalue weighted by molar-refractivity contribution is 5.80. The SMILES string of the molecule is CC[C@H]1OC(=O)[C@H](C)[C@@H](O[C@H]2C[C@@](C)(OC)[C@@H](O)[C@H](C)O2)[C@H](C)[C@@H](O[C@@H]2O[C@H](C)C[C@H](N(C)C)[C@H]2O)[C@@](C)(O)C[C@@H](C)CN(C/C=C/c2cnc3ccccc3c2)[C@@H](C)C[C@]1(C)O. The van der Waals surface area contributed by atoms with Crippen molar-refractivity contribution < 1.29 is 53.6 Å². The number of pyridine rings is 1. The highest BCUT2D eigenvalue weighted by Crippen LogP contribution is 2.40. The Morgan fingerprint density at radius 3 is 2.33 bits per heavy atom. The fourth-order valence-electron chi connectivity index (χ4n) is 10.4. The molecule has 63 heavy (non-hydrogen) atoms. The molecule has 0 bridgehead atoms. The van der Waals surface area contributed by atoms with Gasteiger partial charge in [0, 0.05) is 56.2 Å². The molecule has 0 amide bonds. The van der Waals surface area contributed by atoms with Gasteiger partial charge in [-0.3, -0.25) is 14.7 Å². The summed E-state index contributed by atoms with van der Waals surface area (Å²) < 4.78 is 38.3. The van der Waals surface area contributed by atoms with Crippen molar-refractivity contribution in [3.05, 3.63) is 48.2 Å². The molecule has 0 radical (unpaired) electrons. The number of methoxy groups -OCH3 is 1. The second-order valence-corrected chi connectivity index (χ2v) is 20.0. The average Bonchev–Trinajstić information content (AvgIpc) is 3.21. The number of esters is 1. The van der Waals surface area contributed by atoms with Gasteiger partial charge in [-0.2, -0.15) is 0 Å². The number of nitrogens with zero attached hydrogens (tertiary/aromatic N) is 3. The third-order valence-corrected chi connectivity index (χ3v) is 14.0. The molecular weight excluding hydrogens is 807 g/mol. The second-order valence-electron chi connectivity index (χ2n) is 20.0. The number of likely N-dealkylation sites (N-methyl/N-ethyl adjacent to an activating group) is 1. The molecule has 17 atom stereocenters. The second kappa shape index (κ2) is 21.4. The quantitative estimate of drug-likeness (QED) is 0.219. The number of carbonyl (C=O) groups is 1. The van der Waals surface area contributed by atoms with Crippen molar-refractivity contribution in [1.29, 1.82) is 0 Å². The summed E-state index contributed by atoms with van der Waals surface area (Å²) in [7, 11) is 5.34. The number of fused-ring (bicyclic) bond motifs is 1. The van der Waals surface area contributed by atoms with Crippen LogP contribution < -0.4 is 0 Å². The van der Waals surface area contributed by atoms with Crippen LogP contribution in [0, 0.1) is 17.8 Å². The third kappa shape index (κ3) is 12.4. The van der Waals surface area contributed by atoms with E-state index in [-0.39, 0.29) is 36.9 Å². The summed E-state index contributed by atoms with van der Waals surface area (Å²) in [5.41, 5.74) is -2.08. The fourth-order valence-corrected chi connectivity index (χ4v) is 10.4. The van der Waals surface area contributed by atoms with E-state index in [2.05, 4.69) is 41.9 Å². The number of benzene rings is 1. The number of carbonyl (C=O) groups excluding carboxylic acids is 1. The predicted octanol–water partition coefficient (Wildman–Crippen LogP) is 5.56. The molecule has 0 unspecified atom stereocenters. The molecule has 356 valence electrons. The van der Waals surface area contributed by atoms with Gasteiger partial charge in [-0.05, 0) is 112 Å². The van der Waals surface area contributed by atoms with Gasteiger partial charge in [-0.1, -0.05) is 51.1 Å². The first-order valence-corrected chi connectivity index (χ1v) is 23.1. The lowest BCUT2D eigenvalue weighted by Crippen LogP contribution is -2.60. The first-order chi connectivity index (χ1) is 29.5. The van der Waals surface area contributed by atoms with Gasteiger partial charge >= 0.3 is 5.97 Å². The van der Waals surface area contributed by atoms with Crippen molar-refractivity contribution in [2.75, 3.05) is 34.3 Å². The van der Waals surface area contributed by atoms with Gasteiger partial charge in [0.1, 0.15) is 23.9 Å². The Balaban J connectivity index is 1.55. The summed E-state index contributed by atoms with van der Waals surface area (Å²) in [6.07, 6.45) is -0.151. The summed E-state index contributed by atoms with van der Waals surface area (Å²) in [5.74, 6) is -2.39. The van der Waals surface area contributed by atoms with Crippen LogP contribution in [0.4, 0.5) is 0 Å². The summed E-state index contributed by atoms with van der Waals surface area (Å²) in [5, 5.41) is 48.9. The standard InChI is InChI=1S/C49H79N3O11/c1-14-39-47(8,56)25-30(3)52(21-17-18-35-23-36-19-15-16-20-37(36)50-27-35)28-29(2)24-48(9,57)44(63-46-41(53)38(51(11)12)22-31(4)59-46)32(5)42(33(6)45(55)61-39)62-40-26-49(10,58-13)43(54)34(7)60-40/h15-20,23,27,29-34,38-44,46,53-54,56-57H,14,21-22,24-26,28H2,1-13H3/b18-17+/t29-,30+,31-,32+,33-,34+,38+,39-,40+,41-,42+,43+,44-,46+,47+,48+,49-/m1/s1. The molecule has 0 aliphatic carbocycles. The van der Waals surface area contributed by atoms with E-state index < -0.39 is 83.8 Å². The first-order valence-electron chi connectivity index (χ1n) is 23.1. The number of hydrogen-bond donors (Lipinski definition) is 4. The van der Waals surface area contributed by atoms with Gasteiger partial charge in [0.25, 0.3) is 0 Å². The van der Waals surface area contributed by atoms with Gasteiger partial charge in [-0.15, -0.1) is 0 Å². The topological polar surface area (TPSA) is 173 Å². The largest absolute Gasteiger partial charge is 0.459 e. The molecule has 4 heterocycles. The van der Waals surface area contributed by atoms with Crippen LogP contribution in [0.25, 0.3) is 17.0 Å². The highest BCUT2D eigenvalue weighted by Gasteiger charge is 2.52. The molecule has 3 saturated heterocycles. The van der Waals surface area contributed by atoms with E-state index in [4.69, 9.17) is 28.4 Å². The van der Waals surface area contributed by atoms with Gasteiger partial charge < -0.3 is 53.7 Å². The van der Waals surface area contributed by atoms with E-state index >= 15 is 0 Å². The Morgan fingerprint density at radius 1 is 0.968 bits per heavy atom. The summed E-state index contributed by atoms with van der Waals surface area (Å²) >= 11 is 0. The zero-order chi connectivity index (χ0) is 46.6. The molecule has 14 nitrogen and oxygen atoms in total. The van der Waals surface area contributed by atoms with E-state index in [1.165, 1.54) is 7.11 Å². The van der Waals surface area contributed by atoms with Gasteiger partial charge in [0.05, 0.1) is 47.1 Å². The molecule has 2 aromatic rings. The molecule has 3 fully saturated rings. The maximum absolute atomic E-state index is 14.5. The summed E-state index contributed by atoms with van der Waals surface area (Å²) in [6.45, 7) is 19.6. The number of hydrogen-bond acceptors (Lipinski definition) is 14. The minimum absolute atomic E-state index is 0.111. The van der Waals surface area contributed by atoms with Crippen LogP contribution >= 0.6 is 0 Å². The molecule has 1 aromatic carbocycles. The molecule has 5 rings (SSSR count). The molecule has 3 aliphatic rings. The molecule has 14 heteroatoms. The van der Waals surface area contributed by atoms with Crippen LogP contribution in [0.15, 0.2) is 42.6 Å². The Morgan fingerprint density at radius 2 is 1.67 bits per heavy atom. The number of rotatable bonds is 10. The molecule has 3 aliphatic heterocycles. The average molecular weight is 886 g/mol. The molecule has 1 aromatic heterocycles. The number of cyclic esters (lactones) is 1. The molecule has 4 N–H and O–H groups in total. The van der Waals surface area contributed by atoms with E-state index in [1.807, 2.05) is 70.2 Å². The van der Waals surface area contributed by atoms with E-state index in [1.54, 1.807) is 34.6 Å². The number of ether oxygens (including phenoxy) is 6. The van der Waals surface area contributed by atoms with Crippen LogP contribution in [0.5, 0.6) is 0 Å². The van der Waals surface area contributed by atoms with Crippen LogP contribution in [-0.2, 0) is 33.2 Å². The van der Waals surface area contributed by atoms with Gasteiger partial charge in [-0.25, -0.2) is 0 Å². The maximum atomic E-state index is 14.5. The van der Waals surface area contributed by atoms with E-state index in [0.717, 1.165) is 16.5 Å². The van der Waals surface area contributed by atoms with Crippen LogP contribution in [-0.4, -0.2) is 160 Å². The van der Waals surface area contributed by atoms with Crippen LogP contribution in [0.2, 0.25) is 0 Å². The van der Waals surface area contributed by atoms with Crippen molar-refractivity contribution in [2.24, 2.45) is 17.8 Å². The number of aliphatic hydroxyl groups is 4. The van der Waals surface area contributed by atoms with Gasteiger partial charge in [0.2, 0.25) is 0 Å². The van der Waals surface area contributed by atoms with Crippen molar-refractivity contribution in [2.45, 2.75) is 186 Å². The van der Waals surface area contributed by atoms with Crippen molar-refractivity contribution in [1.82, 2.24) is 14.8 Å². The van der Waals surface area contributed by atoms with Crippen LogP contribution in [0.1, 0.15) is 107 Å². The monoisotopic (exact) mass is 886 g/mol. The summed E-state index contributed by atoms with van der Waals surface area (Å²) in [4.78, 5) is 23.4. The Bertz CT molecular complexity index is 1810. The lowest BCUT2D eigenvalue weighted by Gasteiger charge is -2.48. The van der Waals surface area contributed by atoms with E-state index in [9.17, 15) is 25.2 Å². The number of aromatic nitrogens is 1. The van der Waals surface area contributed by atoms with Crippen molar-refractivity contribution in [3.8, 4) is 0 Å². The number of para-hydroxylation sites is 1. The predicted molar refractivity (Wildman–Crippen MR) is 243 cm³/mol. The third-order valence-electron chi connectivity index (χ3n) is 14.0. The minimum Gasteiger partial charge on any atom is -0.459 e. The molecule has 0 spiro atoms. The Hall–Kier alpha value is -2.60. The molecule has 0 saturated carbocycles. The van der Waals surface area contributed by atoms with Crippen molar-refractivity contribution >= 4 is 22.9 Å². The lowest BCUT2D eigenvalue weighted by molar-refractivity contribution is -0.318. The molecular formula is C49H79N3O11. The Kier molecular flexibility index (Phi) is 17.4. The Labute approximate surface area is 376 Å². The highest BCUT2D eigenvalue weighted by atomic mass is 16.7. The maximum Gasteiger partial charge on any atom is 0.311 e. The summed E-state index contributed by atoms with van der Waals surface area (Å²) in [6, 6.07) is 9.65. The smallest absolute Gasteiger partial charge is 0.311 e. The first kappa shape index (κ1) is 51.4. The fraction of sp³-hybridized carbons (Fsp3) is 0.755. The minimum atomic E-state index is -1.56. The van der Waals surface area contributed by atoms with Crippen molar-refractivity contribution in [3.63, 3.8) is 0 Å².